The van der Waals surface area contributed by atoms with Crippen LogP contribution < -0.4 is 0 Å². The first-order valence-corrected chi connectivity index (χ1v) is 9.29. The van der Waals surface area contributed by atoms with Crippen LogP contribution in [0, 0.1) is 0 Å². The summed E-state index contributed by atoms with van der Waals surface area (Å²) in [5.74, 6) is -0.111. The van der Waals surface area contributed by atoms with Crippen molar-refractivity contribution in [1.82, 2.24) is 9.91 Å². The van der Waals surface area contributed by atoms with Gasteiger partial charge in [-0.1, -0.05) is 30.3 Å². The second-order valence-electron chi connectivity index (χ2n) is 6.32. The summed E-state index contributed by atoms with van der Waals surface area (Å²) in [6, 6.07) is 12.2. The van der Waals surface area contributed by atoms with E-state index >= 15 is 0 Å². The molecule has 0 spiro atoms. The molecule has 1 atom stereocenters. The number of fused-ring (bicyclic) bond motifs is 1. The van der Waals surface area contributed by atoms with Gasteiger partial charge < -0.3 is 4.90 Å². The molecule has 2 amide bonds. The highest BCUT2D eigenvalue weighted by molar-refractivity contribution is 7.10. The van der Waals surface area contributed by atoms with Gasteiger partial charge in [0.1, 0.15) is 5.71 Å². The van der Waals surface area contributed by atoms with E-state index in [4.69, 9.17) is 0 Å². The number of rotatable bonds is 2. The van der Waals surface area contributed by atoms with Crippen molar-refractivity contribution >= 4 is 28.9 Å². The SMILES string of the molecule is CN1N=C(C(=O)N2CCc3sccc3C2c2ccccc2)CCC1=O. The monoisotopic (exact) mass is 353 g/mol. The zero-order valence-electron chi connectivity index (χ0n) is 14.0. The summed E-state index contributed by atoms with van der Waals surface area (Å²) in [5.41, 5.74) is 2.79. The van der Waals surface area contributed by atoms with E-state index in [1.54, 1.807) is 18.4 Å². The first-order valence-electron chi connectivity index (χ1n) is 8.41. The van der Waals surface area contributed by atoms with Crippen LogP contribution in [0.3, 0.4) is 0 Å². The number of benzene rings is 1. The largest absolute Gasteiger partial charge is 0.326 e. The van der Waals surface area contributed by atoms with E-state index < -0.39 is 0 Å². The summed E-state index contributed by atoms with van der Waals surface area (Å²) in [4.78, 5) is 28.1. The number of hydrogen-bond donors (Lipinski definition) is 0. The van der Waals surface area contributed by atoms with E-state index in [0.29, 0.717) is 25.1 Å². The normalized spacial score (nSPS) is 20.3. The van der Waals surface area contributed by atoms with Crippen molar-refractivity contribution in [2.24, 2.45) is 5.10 Å². The summed E-state index contributed by atoms with van der Waals surface area (Å²) < 4.78 is 0. The second kappa shape index (κ2) is 6.44. The molecule has 4 rings (SSSR count). The molecule has 0 saturated heterocycles. The van der Waals surface area contributed by atoms with Crippen LogP contribution in [0.1, 0.15) is 34.9 Å². The van der Waals surface area contributed by atoms with Crippen LogP contribution in [-0.2, 0) is 16.0 Å². The highest BCUT2D eigenvalue weighted by Crippen LogP contribution is 2.38. The number of hydrazone groups is 1. The molecule has 0 fully saturated rings. The zero-order valence-corrected chi connectivity index (χ0v) is 14.8. The predicted molar refractivity (Wildman–Crippen MR) is 97.5 cm³/mol. The Kier molecular flexibility index (Phi) is 4.13. The van der Waals surface area contributed by atoms with Crippen LogP contribution in [0.5, 0.6) is 0 Å². The molecule has 25 heavy (non-hydrogen) atoms. The van der Waals surface area contributed by atoms with Gasteiger partial charge in [-0.25, -0.2) is 5.01 Å². The first kappa shape index (κ1) is 16.0. The van der Waals surface area contributed by atoms with E-state index in [2.05, 4.69) is 28.7 Å². The van der Waals surface area contributed by atoms with Gasteiger partial charge in [0.05, 0.1) is 6.04 Å². The zero-order chi connectivity index (χ0) is 17.4. The second-order valence-corrected chi connectivity index (χ2v) is 7.33. The van der Waals surface area contributed by atoms with E-state index in [9.17, 15) is 9.59 Å². The lowest BCUT2D eigenvalue weighted by atomic mass is 9.92. The Morgan fingerprint density at radius 1 is 1.16 bits per heavy atom. The predicted octanol–water partition coefficient (Wildman–Crippen LogP) is 2.83. The fourth-order valence-corrected chi connectivity index (χ4v) is 4.42. The topological polar surface area (TPSA) is 53.0 Å². The highest BCUT2D eigenvalue weighted by Gasteiger charge is 2.35. The lowest BCUT2D eigenvalue weighted by molar-refractivity contribution is -0.131. The van der Waals surface area contributed by atoms with E-state index in [-0.39, 0.29) is 17.9 Å². The molecule has 1 aromatic heterocycles. The molecular weight excluding hydrogens is 334 g/mol. The Morgan fingerprint density at radius 3 is 2.72 bits per heavy atom. The third kappa shape index (κ3) is 2.87. The summed E-state index contributed by atoms with van der Waals surface area (Å²) >= 11 is 1.75. The maximum absolute atomic E-state index is 13.2. The Morgan fingerprint density at radius 2 is 1.96 bits per heavy atom. The van der Waals surface area contributed by atoms with E-state index in [1.807, 2.05) is 23.1 Å². The Labute approximate surface area is 150 Å². The molecular formula is C19H19N3O2S. The summed E-state index contributed by atoms with van der Waals surface area (Å²) in [6.07, 6.45) is 1.62. The summed E-state index contributed by atoms with van der Waals surface area (Å²) in [5, 5.41) is 7.60. The van der Waals surface area contributed by atoms with Crippen molar-refractivity contribution in [2.75, 3.05) is 13.6 Å². The third-order valence-corrected chi connectivity index (χ3v) is 5.79. The smallest absolute Gasteiger partial charge is 0.270 e. The van der Waals surface area contributed by atoms with Gasteiger partial charge in [0.2, 0.25) is 5.91 Å². The highest BCUT2D eigenvalue weighted by atomic mass is 32.1. The first-order chi connectivity index (χ1) is 12.1. The quantitative estimate of drug-likeness (QED) is 0.834. The molecule has 2 aliphatic rings. The number of carbonyl (C=O) groups excluding carboxylic acids is 2. The fraction of sp³-hybridized carbons (Fsp3) is 0.316. The average Bonchev–Trinajstić information content (AvgIpc) is 3.12. The van der Waals surface area contributed by atoms with Crippen molar-refractivity contribution < 1.29 is 9.59 Å². The molecule has 3 heterocycles. The minimum atomic E-state index is -0.0886. The average molecular weight is 353 g/mol. The van der Waals surface area contributed by atoms with Crippen molar-refractivity contribution in [2.45, 2.75) is 25.3 Å². The molecule has 0 radical (unpaired) electrons. The van der Waals surface area contributed by atoms with Crippen LogP contribution in [-0.4, -0.2) is 41.0 Å². The van der Waals surface area contributed by atoms with Crippen molar-refractivity contribution in [3.63, 3.8) is 0 Å². The Bertz CT molecular complexity index is 843. The lowest BCUT2D eigenvalue weighted by Gasteiger charge is -2.37. The molecule has 2 aromatic rings. The molecule has 1 aromatic carbocycles. The van der Waals surface area contributed by atoms with Gasteiger partial charge >= 0.3 is 0 Å². The maximum Gasteiger partial charge on any atom is 0.270 e. The molecule has 0 bridgehead atoms. The number of carbonyl (C=O) groups is 2. The maximum atomic E-state index is 13.2. The van der Waals surface area contributed by atoms with E-state index in [1.165, 1.54) is 15.4 Å². The molecule has 2 aliphatic heterocycles. The number of hydrogen-bond acceptors (Lipinski definition) is 4. The number of thiophene rings is 1. The minimum absolute atomic E-state index is 0.0464. The molecule has 6 heteroatoms. The van der Waals surface area contributed by atoms with Crippen molar-refractivity contribution in [3.05, 3.63) is 57.8 Å². The van der Waals surface area contributed by atoms with Gasteiger partial charge in [-0.15, -0.1) is 11.3 Å². The van der Waals surface area contributed by atoms with Gasteiger partial charge in [-0.05, 0) is 29.0 Å². The Balaban J connectivity index is 1.72. The van der Waals surface area contributed by atoms with Gasteiger partial charge in [-0.2, -0.15) is 5.10 Å². The molecule has 5 nitrogen and oxygen atoms in total. The molecule has 0 N–H and O–H groups in total. The van der Waals surface area contributed by atoms with Crippen LogP contribution in [0.15, 0.2) is 46.9 Å². The molecule has 128 valence electrons. The minimum Gasteiger partial charge on any atom is -0.326 e. The molecule has 0 saturated carbocycles. The van der Waals surface area contributed by atoms with Gasteiger partial charge in [0.15, 0.2) is 0 Å². The number of nitrogens with zero attached hydrogens (tertiary/aromatic N) is 3. The van der Waals surface area contributed by atoms with Crippen molar-refractivity contribution in [1.29, 1.82) is 0 Å². The van der Waals surface area contributed by atoms with Crippen molar-refractivity contribution in [3.8, 4) is 0 Å². The lowest BCUT2D eigenvalue weighted by Crippen LogP contribution is -2.45. The number of amides is 2. The summed E-state index contributed by atoms with van der Waals surface area (Å²) in [7, 11) is 1.61. The van der Waals surface area contributed by atoms with E-state index in [0.717, 1.165) is 12.0 Å². The standard InChI is InChI=1S/C19H19N3O2S/c1-21-17(23)8-7-15(20-21)19(24)22-11-9-16-14(10-12-25-16)18(22)13-5-3-2-4-6-13/h2-6,10,12,18H,7-9,11H2,1H3. The Hall–Kier alpha value is -2.47. The van der Waals surface area contributed by atoms with Gasteiger partial charge in [0.25, 0.3) is 5.91 Å². The van der Waals surface area contributed by atoms with Gasteiger partial charge in [0, 0.05) is 31.3 Å². The fourth-order valence-electron chi connectivity index (χ4n) is 3.52. The van der Waals surface area contributed by atoms with Crippen LogP contribution in [0.25, 0.3) is 0 Å². The van der Waals surface area contributed by atoms with Crippen LogP contribution in [0.4, 0.5) is 0 Å². The summed E-state index contributed by atoms with van der Waals surface area (Å²) in [6.45, 7) is 0.669. The third-order valence-electron chi connectivity index (χ3n) is 4.80. The molecule has 0 aliphatic carbocycles. The van der Waals surface area contributed by atoms with Crippen LogP contribution in [0.2, 0.25) is 0 Å². The van der Waals surface area contributed by atoms with Crippen LogP contribution >= 0.6 is 11.3 Å². The van der Waals surface area contributed by atoms with Gasteiger partial charge in [-0.3, -0.25) is 9.59 Å². The molecule has 1 unspecified atom stereocenters.